The summed E-state index contributed by atoms with van der Waals surface area (Å²) in [5.41, 5.74) is 1.13. The molecule has 0 atom stereocenters. The van der Waals surface area contributed by atoms with Crippen LogP contribution < -0.4 is 10.1 Å². The highest BCUT2D eigenvalue weighted by atomic mass is 16.5. The van der Waals surface area contributed by atoms with E-state index in [0.29, 0.717) is 17.0 Å². The molecule has 5 heteroatoms. The van der Waals surface area contributed by atoms with E-state index in [4.69, 9.17) is 14.3 Å². The molecule has 0 bridgehead atoms. The SMILES string of the molecule is O=C(Nc1ccc(OCCO)cc1)c1ccoc1. The molecule has 1 heterocycles. The van der Waals surface area contributed by atoms with Crippen LogP contribution >= 0.6 is 0 Å². The second kappa shape index (κ2) is 5.88. The molecule has 18 heavy (non-hydrogen) atoms. The average Bonchev–Trinajstić information content (AvgIpc) is 2.92. The van der Waals surface area contributed by atoms with E-state index in [1.165, 1.54) is 12.5 Å². The van der Waals surface area contributed by atoms with Gasteiger partial charge in [-0.1, -0.05) is 0 Å². The number of rotatable bonds is 5. The van der Waals surface area contributed by atoms with E-state index < -0.39 is 0 Å². The Kier molecular flexibility index (Phi) is 3.98. The van der Waals surface area contributed by atoms with Crippen LogP contribution in [0.5, 0.6) is 5.75 Å². The number of carbonyl (C=O) groups excluding carboxylic acids is 1. The molecular formula is C13H13NO4. The van der Waals surface area contributed by atoms with Crippen LogP contribution in [0.25, 0.3) is 0 Å². The molecule has 0 unspecified atom stereocenters. The van der Waals surface area contributed by atoms with Crippen molar-refractivity contribution in [3.63, 3.8) is 0 Å². The molecule has 0 saturated carbocycles. The third-order valence-corrected chi connectivity index (χ3v) is 2.26. The molecule has 0 radical (unpaired) electrons. The number of hydrogen-bond acceptors (Lipinski definition) is 4. The van der Waals surface area contributed by atoms with Crippen LogP contribution in [0.15, 0.2) is 47.3 Å². The summed E-state index contributed by atoms with van der Waals surface area (Å²) >= 11 is 0. The van der Waals surface area contributed by atoms with Gasteiger partial charge in [-0.15, -0.1) is 0 Å². The predicted octanol–water partition coefficient (Wildman–Crippen LogP) is 1.90. The number of amides is 1. The highest BCUT2D eigenvalue weighted by molar-refractivity contribution is 6.03. The van der Waals surface area contributed by atoms with Crippen molar-refractivity contribution in [3.8, 4) is 5.75 Å². The number of ether oxygens (including phenoxy) is 1. The first-order valence-corrected chi connectivity index (χ1v) is 5.47. The lowest BCUT2D eigenvalue weighted by atomic mass is 10.2. The van der Waals surface area contributed by atoms with E-state index in [1.807, 2.05) is 0 Å². The lowest BCUT2D eigenvalue weighted by Gasteiger charge is -2.06. The predicted molar refractivity (Wildman–Crippen MR) is 65.7 cm³/mol. The molecule has 2 aromatic rings. The number of furan rings is 1. The third kappa shape index (κ3) is 3.11. The van der Waals surface area contributed by atoms with E-state index in [2.05, 4.69) is 5.32 Å². The minimum absolute atomic E-state index is 0.0288. The lowest BCUT2D eigenvalue weighted by molar-refractivity contribution is 0.102. The highest BCUT2D eigenvalue weighted by Gasteiger charge is 2.06. The first-order chi connectivity index (χ1) is 8.79. The van der Waals surface area contributed by atoms with Gasteiger partial charge in [-0.05, 0) is 30.3 Å². The molecular weight excluding hydrogens is 234 g/mol. The summed E-state index contributed by atoms with van der Waals surface area (Å²) in [5, 5.41) is 11.3. The molecule has 0 spiro atoms. The van der Waals surface area contributed by atoms with Gasteiger partial charge in [0.2, 0.25) is 0 Å². The zero-order valence-electron chi connectivity index (χ0n) is 9.63. The van der Waals surface area contributed by atoms with Gasteiger partial charge in [0.15, 0.2) is 0 Å². The van der Waals surface area contributed by atoms with Gasteiger partial charge in [0.05, 0.1) is 18.4 Å². The highest BCUT2D eigenvalue weighted by Crippen LogP contribution is 2.16. The number of hydrogen-bond donors (Lipinski definition) is 2. The monoisotopic (exact) mass is 247 g/mol. The maximum atomic E-state index is 11.7. The minimum atomic E-state index is -0.229. The number of aliphatic hydroxyl groups is 1. The zero-order chi connectivity index (χ0) is 12.8. The van der Waals surface area contributed by atoms with Crippen molar-refractivity contribution >= 4 is 11.6 Å². The molecule has 0 aliphatic carbocycles. The van der Waals surface area contributed by atoms with E-state index in [0.717, 1.165) is 0 Å². The van der Waals surface area contributed by atoms with E-state index in [-0.39, 0.29) is 19.1 Å². The normalized spacial score (nSPS) is 10.1. The van der Waals surface area contributed by atoms with Crippen molar-refractivity contribution in [2.45, 2.75) is 0 Å². The largest absolute Gasteiger partial charge is 0.491 e. The average molecular weight is 247 g/mol. The lowest BCUT2D eigenvalue weighted by Crippen LogP contribution is -2.10. The Balaban J connectivity index is 1.96. The molecule has 1 aromatic heterocycles. The van der Waals surface area contributed by atoms with Gasteiger partial charge in [-0.3, -0.25) is 4.79 Å². The maximum Gasteiger partial charge on any atom is 0.258 e. The van der Waals surface area contributed by atoms with Gasteiger partial charge in [0.1, 0.15) is 18.6 Å². The third-order valence-electron chi connectivity index (χ3n) is 2.26. The summed E-state index contributed by atoms with van der Waals surface area (Å²) in [7, 11) is 0. The van der Waals surface area contributed by atoms with E-state index >= 15 is 0 Å². The van der Waals surface area contributed by atoms with Crippen molar-refractivity contribution < 1.29 is 19.1 Å². The smallest absolute Gasteiger partial charge is 0.258 e. The van der Waals surface area contributed by atoms with Gasteiger partial charge < -0.3 is 19.6 Å². The topological polar surface area (TPSA) is 71.7 Å². The summed E-state index contributed by atoms with van der Waals surface area (Å²) in [6, 6.07) is 8.49. The fourth-order valence-electron chi connectivity index (χ4n) is 1.39. The van der Waals surface area contributed by atoms with Crippen LogP contribution in [0, 0.1) is 0 Å². The molecule has 2 N–H and O–H groups in total. The summed E-state index contributed by atoms with van der Waals surface area (Å²) < 4.78 is 10.0. The van der Waals surface area contributed by atoms with Crippen LogP contribution in [0.4, 0.5) is 5.69 Å². The van der Waals surface area contributed by atoms with Crippen LogP contribution in [0.3, 0.4) is 0 Å². The van der Waals surface area contributed by atoms with Crippen molar-refractivity contribution in [1.29, 1.82) is 0 Å². The molecule has 94 valence electrons. The standard InChI is InChI=1S/C13H13NO4/c15-6-8-18-12-3-1-11(2-4-12)14-13(16)10-5-7-17-9-10/h1-5,7,9,15H,6,8H2,(H,14,16). The number of carbonyl (C=O) groups is 1. The molecule has 1 aromatic carbocycles. The van der Waals surface area contributed by atoms with Gasteiger partial charge in [0, 0.05) is 5.69 Å². The number of nitrogens with one attached hydrogen (secondary N) is 1. The van der Waals surface area contributed by atoms with E-state index in [9.17, 15) is 4.79 Å². The molecule has 5 nitrogen and oxygen atoms in total. The maximum absolute atomic E-state index is 11.7. The Morgan fingerprint density at radius 2 is 2.06 bits per heavy atom. The molecule has 2 rings (SSSR count). The Bertz CT molecular complexity index is 490. The fraction of sp³-hybridized carbons (Fsp3) is 0.154. The summed E-state index contributed by atoms with van der Waals surface area (Å²) in [4.78, 5) is 11.7. The number of anilines is 1. The molecule has 0 fully saturated rings. The van der Waals surface area contributed by atoms with Crippen LogP contribution in [-0.4, -0.2) is 24.2 Å². The molecule has 1 amide bonds. The van der Waals surface area contributed by atoms with Crippen LogP contribution in [0.2, 0.25) is 0 Å². The van der Waals surface area contributed by atoms with Gasteiger partial charge >= 0.3 is 0 Å². The van der Waals surface area contributed by atoms with Gasteiger partial charge in [-0.2, -0.15) is 0 Å². The Hall–Kier alpha value is -2.27. The molecule has 0 aliphatic heterocycles. The molecule has 0 saturated heterocycles. The van der Waals surface area contributed by atoms with Crippen molar-refractivity contribution in [3.05, 3.63) is 48.4 Å². The first kappa shape index (κ1) is 12.2. The summed E-state index contributed by atoms with van der Waals surface area (Å²) in [6.45, 7) is 0.222. The second-order valence-electron chi connectivity index (χ2n) is 3.56. The minimum Gasteiger partial charge on any atom is -0.491 e. The fourth-order valence-corrected chi connectivity index (χ4v) is 1.39. The zero-order valence-corrected chi connectivity index (χ0v) is 9.63. The Morgan fingerprint density at radius 3 is 2.67 bits per heavy atom. The Labute approximate surface area is 104 Å². The quantitative estimate of drug-likeness (QED) is 0.846. The van der Waals surface area contributed by atoms with Crippen molar-refractivity contribution in [2.75, 3.05) is 18.5 Å². The van der Waals surface area contributed by atoms with E-state index in [1.54, 1.807) is 30.3 Å². The van der Waals surface area contributed by atoms with Crippen molar-refractivity contribution in [2.24, 2.45) is 0 Å². The second-order valence-corrected chi connectivity index (χ2v) is 3.56. The number of benzene rings is 1. The van der Waals surface area contributed by atoms with Crippen LogP contribution in [0.1, 0.15) is 10.4 Å². The van der Waals surface area contributed by atoms with Crippen molar-refractivity contribution in [1.82, 2.24) is 0 Å². The Morgan fingerprint density at radius 1 is 1.28 bits per heavy atom. The number of aliphatic hydroxyl groups excluding tert-OH is 1. The summed E-state index contributed by atoms with van der Waals surface area (Å²) in [5.74, 6) is 0.415. The van der Waals surface area contributed by atoms with Gasteiger partial charge in [-0.25, -0.2) is 0 Å². The summed E-state index contributed by atoms with van der Waals surface area (Å²) in [6.07, 6.45) is 2.83. The first-order valence-electron chi connectivity index (χ1n) is 5.47. The van der Waals surface area contributed by atoms with Gasteiger partial charge in [0.25, 0.3) is 5.91 Å². The van der Waals surface area contributed by atoms with Crippen LogP contribution in [-0.2, 0) is 0 Å². The molecule has 0 aliphatic rings.